The molecular formula is C31H42O7. The molecule has 208 valence electrons. The van der Waals surface area contributed by atoms with Gasteiger partial charge in [0.1, 0.15) is 17.2 Å². The smallest absolute Gasteiger partial charge is 0.306 e. The summed E-state index contributed by atoms with van der Waals surface area (Å²) in [6.45, 7) is 5.39. The molecule has 0 bridgehead atoms. The van der Waals surface area contributed by atoms with Gasteiger partial charge < -0.3 is 23.7 Å². The van der Waals surface area contributed by atoms with E-state index in [0.29, 0.717) is 51.4 Å². The molecule has 0 saturated heterocycles. The van der Waals surface area contributed by atoms with E-state index < -0.39 is 0 Å². The van der Waals surface area contributed by atoms with Crippen LogP contribution in [-0.2, 0) is 25.5 Å². The summed E-state index contributed by atoms with van der Waals surface area (Å²) in [6.07, 6.45) is 9.67. The van der Waals surface area contributed by atoms with Crippen LogP contribution in [0.2, 0.25) is 0 Å². The highest BCUT2D eigenvalue weighted by molar-refractivity contribution is 5.70. The van der Waals surface area contributed by atoms with Gasteiger partial charge in [0.05, 0.1) is 33.5 Å². The molecule has 2 aromatic carbocycles. The molecule has 0 saturated carbocycles. The SMILES string of the molecule is CCOC(=O)CCCCOc1cccc(OCCCC/C=C/c2ccc(OC)cc2)c1CCC(=O)OCC. The fourth-order valence-corrected chi connectivity index (χ4v) is 3.79. The zero-order chi connectivity index (χ0) is 27.4. The Morgan fingerprint density at radius 3 is 1.97 bits per heavy atom. The highest BCUT2D eigenvalue weighted by atomic mass is 16.5. The summed E-state index contributed by atoms with van der Waals surface area (Å²) in [6, 6.07) is 13.7. The molecule has 0 unspecified atom stereocenters. The van der Waals surface area contributed by atoms with Crippen molar-refractivity contribution in [3.05, 3.63) is 59.7 Å². The van der Waals surface area contributed by atoms with Gasteiger partial charge in [-0.2, -0.15) is 0 Å². The third-order valence-electron chi connectivity index (χ3n) is 5.76. The number of esters is 2. The summed E-state index contributed by atoms with van der Waals surface area (Å²) >= 11 is 0. The van der Waals surface area contributed by atoms with E-state index in [1.54, 1.807) is 21.0 Å². The average molecular weight is 527 g/mol. The summed E-state index contributed by atoms with van der Waals surface area (Å²) in [5, 5.41) is 0. The standard InChI is InChI=1S/C31H42O7/c1-4-35-30(32)16-9-11-24-38-29-15-12-14-28(27(29)21-22-31(33)36-5-2)37-23-10-7-6-8-13-25-17-19-26(34-3)20-18-25/h8,12-15,17-20H,4-7,9-11,16,21-24H2,1-3H3/b13-8+. The van der Waals surface area contributed by atoms with E-state index in [4.69, 9.17) is 23.7 Å². The molecule has 2 rings (SSSR count). The molecule has 0 N–H and O–H groups in total. The Hall–Kier alpha value is -3.48. The molecule has 0 fully saturated rings. The van der Waals surface area contributed by atoms with Crippen LogP contribution in [-0.4, -0.2) is 45.5 Å². The molecular weight excluding hydrogens is 484 g/mol. The van der Waals surface area contributed by atoms with E-state index >= 15 is 0 Å². The van der Waals surface area contributed by atoms with Crippen molar-refractivity contribution in [2.24, 2.45) is 0 Å². The lowest BCUT2D eigenvalue weighted by atomic mass is 10.1. The third-order valence-corrected chi connectivity index (χ3v) is 5.76. The Bertz CT molecular complexity index is 982. The summed E-state index contributed by atoms with van der Waals surface area (Å²) in [5.74, 6) is 1.85. The predicted molar refractivity (Wildman–Crippen MR) is 149 cm³/mol. The van der Waals surface area contributed by atoms with Gasteiger partial charge >= 0.3 is 11.9 Å². The fourth-order valence-electron chi connectivity index (χ4n) is 3.79. The average Bonchev–Trinajstić information content (AvgIpc) is 2.92. The minimum Gasteiger partial charge on any atom is -0.497 e. The molecule has 0 amide bonds. The molecule has 7 nitrogen and oxygen atoms in total. The van der Waals surface area contributed by atoms with E-state index in [1.165, 1.54) is 0 Å². The Kier molecular flexibility index (Phi) is 15.1. The summed E-state index contributed by atoms with van der Waals surface area (Å²) in [5.41, 5.74) is 2.01. The Morgan fingerprint density at radius 1 is 0.763 bits per heavy atom. The van der Waals surface area contributed by atoms with Crippen molar-refractivity contribution in [3.8, 4) is 17.2 Å². The molecule has 7 heteroatoms. The molecule has 0 aliphatic heterocycles. The molecule has 0 aromatic heterocycles. The van der Waals surface area contributed by atoms with Gasteiger partial charge in [-0.15, -0.1) is 0 Å². The van der Waals surface area contributed by atoms with Gasteiger partial charge in [0, 0.05) is 18.4 Å². The van der Waals surface area contributed by atoms with Crippen molar-refractivity contribution < 1.29 is 33.3 Å². The normalized spacial score (nSPS) is 10.8. The lowest BCUT2D eigenvalue weighted by Crippen LogP contribution is -2.09. The first-order valence-electron chi connectivity index (χ1n) is 13.6. The highest BCUT2D eigenvalue weighted by Crippen LogP contribution is 2.30. The Morgan fingerprint density at radius 2 is 1.37 bits per heavy atom. The molecule has 0 heterocycles. The van der Waals surface area contributed by atoms with Crippen LogP contribution in [0.5, 0.6) is 17.2 Å². The molecule has 0 radical (unpaired) electrons. The predicted octanol–water partition coefficient (Wildman–Crippen LogP) is 6.57. The van der Waals surface area contributed by atoms with Crippen LogP contribution >= 0.6 is 0 Å². The van der Waals surface area contributed by atoms with Crippen LogP contribution in [0.25, 0.3) is 6.08 Å². The molecule has 0 aliphatic carbocycles. The summed E-state index contributed by atoms with van der Waals surface area (Å²) in [4.78, 5) is 23.5. The van der Waals surface area contributed by atoms with Crippen LogP contribution in [0.15, 0.2) is 48.5 Å². The van der Waals surface area contributed by atoms with Crippen molar-refractivity contribution in [2.75, 3.05) is 33.5 Å². The van der Waals surface area contributed by atoms with Gasteiger partial charge in [-0.25, -0.2) is 0 Å². The number of allylic oxidation sites excluding steroid dienone is 1. The van der Waals surface area contributed by atoms with E-state index in [-0.39, 0.29) is 18.4 Å². The van der Waals surface area contributed by atoms with E-state index in [1.807, 2.05) is 42.5 Å². The van der Waals surface area contributed by atoms with Gasteiger partial charge in [0.15, 0.2) is 0 Å². The first kappa shape index (κ1) is 30.7. The second-order valence-electron chi connectivity index (χ2n) is 8.67. The second kappa shape index (κ2) is 18.7. The van der Waals surface area contributed by atoms with Crippen LogP contribution in [0.4, 0.5) is 0 Å². The quantitative estimate of drug-likeness (QED) is 0.151. The fraction of sp³-hybridized carbons (Fsp3) is 0.484. The topological polar surface area (TPSA) is 80.3 Å². The van der Waals surface area contributed by atoms with E-state index in [9.17, 15) is 9.59 Å². The number of unbranched alkanes of at least 4 members (excludes halogenated alkanes) is 3. The number of carbonyl (C=O) groups excluding carboxylic acids is 2. The highest BCUT2D eigenvalue weighted by Gasteiger charge is 2.14. The van der Waals surface area contributed by atoms with Gasteiger partial charge in [-0.05, 0) is 82.2 Å². The number of benzene rings is 2. The van der Waals surface area contributed by atoms with E-state index in [2.05, 4.69) is 12.2 Å². The minimum absolute atomic E-state index is 0.186. The molecule has 2 aromatic rings. The van der Waals surface area contributed by atoms with Crippen molar-refractivity contribution >= 4 is 18.0 Å². The van der Waals surface area contributed by atoms with Crippen molar-refractivity contribution in [1.29, 1.82) is 0 Å². The largest absolute Gasteiger partial charge is 0.497 e. The van der Waals surface area contributed by atoms with Crippen LogP contribution < -0.4 is 14.2 Å². The maximum Gasteiger partial charge on any atom is 0.306 e. The zero-order valence-corrected chi connectivity index (χ0v) is 23.0. The number of carbonyl (C=O) groups is 2. The minimum atomic E-state index is -0.244. The lowest BCUT2D eigenvalue weighted by Gasteiger charge is -2.16. The van der Waals surface area contributed by atoms with Crippen molar-refractivity contribution in [3.63, 3.8) is 0 Å². The van der Waals surface area contributed by atoms with Crippen molar-refractivity contribution in [2.45, 2.75) is 65.2 Å². The second-order valence-corrected chi connectivity index (χ2v) is 8.67. The van der Waals surface area contributed by atoms with Gasteiger partial charge in [-0.1, -0.05) is 30.4 Å². The number of methoxy groups -OCH3 is 1. The third kappa shape index (κ3) is 12.2. The first-order valence-corrected chi connectivity index (χ1v) is 13.6. The maximum atomic E-state index is 12.0. The van der Waals surface area contributed by atoms with Crippen LogP contribution in [0.3, 0.4) is 0 Å². The van der Waals surface area contributed by atoms with E-state index in [0.717, 1.165) is 48.3 Å². The first-order chi connectivity index (χ1) is 18.6. The van der Waals surface area contributed by atoms with Crippen molar-refractivity contribution in [1.82, 2.24) is 0 Å². The molecule has 0 spiro atoms. The van der Waals surface area contributed by atoms with Crippen LogP contribution in [0, 0.1) is 0 Å². The number of hydrogen-bond acceptors (Lipinski definition) is 7. The zero-order valence-electron chi connectivity index (χ0n) is 23.0. The number of hydrogen-bond donors (Lipinski definition) is 0. The Balaban J connectivity index is 1.85. The van der Waals surface area contributed by atoms with Crippen LogP contribution in [0.1, 0.15) is 69.9 Å². The van der Waals surface area contributed by atoms with Gasteiger partial charge in [0.2, 0.25) is 0 Å². The molecule has 0 atom stereocenters. The maximum absolute atomic E-state index is 12.0. The summed E-state index contributed by atoms with van der Waals surface area (Å²) < 4.78 is 27.4. The van der Waals surface area contributed by atoms with Gasteiger partial charge in [0.25, 0.3) is 0 Å². The monoisotopic (exact) mass is 526 g/mol. The number of rotatable bonds is 19. The molecule has 38 heavy (non-hydrogen) atoms. The van der Waals surface area contributed by atoms with Gasteiger partial charge in [-0.3, -0.25) is 9.59 Å². The summed E-state index contributed by atoms with van der Waals surface area (Å²) in [7, 11) is 1.66. The Labute approximate surface area is 227 Å². The lowest BCUT2D eigenvalue weighted by molar-refractivity contribution is -0.144. The molecule has 0 aliphatic rings. The number of ether oxygens (including phenoxy) is 5.